The van der Waals surface area contributed by atoms with Crippen molar-refractivity contribution in [3.8, 4) is 6.07 Å². The standard InChI is InChI=1S/C26H26N6/c27-17-23-19-32(12-11-21-7-3-1-4-8-21)25-24(23)28-20-29-26(25)31-15-13-30(14-16-31)18-22-9-5-2-6-10-22/h1-10,19-20H,11-16,18H2. The lowest BCUT2D eigenvalue weighted by atomic mass is 10.1. The van der Waals surface area contributed by atoms with Crippen LogP contribution in [0.2, 0.25) is 0 Å². The van der Waals surface area contributed by atoms with Gasteiger partial charge in [0.05, 0.1) is 5.56 Å². The Kier molecular flexibility index (Phi) is 5.82. The highest BCUT2D eigenvalue weighted by atomic mass is 15.3. The molecule has 32 heavy (non-hydrogen) atoms. The number of piperazine rings is 1. The molecule has 6 nitrogen and oxygen atoms in total. The van der Waals surface area contributed by atoms with Crippen LogP contribution in [-0.2, 0) is 19.5 Å². The molecule has 2 aromatic carbocycles. The van der Waals surface area contributed by atoms with Crippen molar-refractivity contribution < 1.29 is 0 Å². The maximum absolute atomic E-state index is 9.67. The van der Waals surface area contributed by atoms with Crippen molar-refractivity contribution in [1.29, 1.82) is 5.26 Å². The van der Waals surface area contributed by atoms with Gasteiger partial charge in [0, 0.05) is 45.5 Å². The van der Waals surface area contributed by atoms with Gasteiger partial charge in [-0.05, 0) is 17.5 Å². The Bertz CT molecular complexity index is 1220. The van der Waals surface area contributed by atoms with E-state index >= 15 is 0 Å². The van der Waals surface area contributed by atoms with Gasteiger partial charge in [0.2, 0.25) is 0 Å². The SMILES string of the molecule is N#Cc1cn(CCc2ccccc2)c2c(N3CCN(Cc4ccccc4)CC3)ncnc12. The summed E-state index contributed by atoms with van der Waals surface area (Å²) in [4.78, 5) is 14.0. The normalized spacial score (nSPS) is 14.5. The van der Waals surface area contributed by atoms with Gasteiger partial charge in [-0.3, -0.25) is 4.90 Å². The van der Waals surface area contributed by atoms with E-state index in [2.05, 4.69) is 85.0 Å². The second-order valence-corrected chi connectivity index (χ2v) is 8.23. The summed E-state index contributed by atoms with van der Waals surface area (Å²) in [5, 5.41) is 9.67. The summed E-state index contributed by atoms with van der Waals surface area (Å²) in [5.41, 5.74) is 4.95. The van der Waals surface area contributed by atoms with E-state index in [4.69, 9.17) is 0 Å². The topological polar surface area (TPSA) is 61.0 Å². The van der Waals surface area contributed by atoms with Gasteiger partial charge < -0.3 is 9.47 Å². The van der Waals surface area contributed by atoms with E-state index in [1.165, 1.54) is 11.1 Å². The van der Waals surface area contributed by atoms with E-state index in [0.717, 1.165) is 62.5 Å². The Morgan fingerprint density at radius 1 is 0.844 bits per heavy atom. The third-order valence-electron chi connectivity index (χ3n) is 6.16. The first-order valence-corrected chi connectivity index (χ1v) is 11.1. The quantitative estimate of drug-likeness (QED) is 0.472. The van der Waals surface area contributed by atoms with E-state index in [1.807, 2.05) is 12.3 Å². The van der Waals surface area contributed by atoms with Crippen molar-refractivity contribution in [1.82, 2.24) is 19.4 Å². The Hall–Kier alpha value is -3.69. The molecule has 0 amide bonds. The number of benzene rings is 2. The van der Waals surface area contributed by atoms with Crippen molar-refractivity contribution in [2.75, 3.05) is 31.1 Å². The average molecular weight is 423 g/mol. The zero-order valence-corrected chi connectivity index (χ0v) is 18.1. The number of anilines is 1. The fraction of sp³-hybridized carbons (Fsp3) is 0.269. The summed E-state index contributed by atoms with van der Waals surface area (Å²) in [7, 11) is 0. The summed E-state index contributed by atoms with van der Waals surface area (Å²) in [5.74, 6) is 0.934. The van der Waals surface area contributed by atoms with Gasteiger partial charge in [0.15, 0.2) is 5.82 Å². The van der Waals surface area contributed by atoms with Crippen molar-refractivity contribution in [3.05, 3.63) is 89.9 Å². The van der Waals surface area contributed by atoms with Gasteiger partial charge in [-0.2, -0.15) is 5.26 Å². The van der Waals surface area contributed by atoms with E-state index in [-0.39, 0.29) is 0 Å². The molecule has 0 unspecified atom stereocenters. The molecule has 0 spiro atoms. The Labute approximate surface area is 188 Å². The molecule has 1 aliphatic heterocycles. The lowest BCUT2D eigenvalue weighted by Gasteiger charge is -2.35. The summed E-state index contributed by atoms with van der Waals surface area (Å²) < 4.78 is 2.16. The lowest BCUT2D eigenvalue weighted by molar-refractivity contribution is 0.249. The highest BCUT2D eigenvalue weighted by Gasteiger charge is 2.23. The number of hydrogen-bond donors (Lipinski definition) is 0. The van der Waals surface area contributed by atoms with Crippen LogP contribution in [0.1, 0.15) is 16.7 Å². The molecule has 0 saturated carbocycles. The van der Waals surface area contributed by atoms with Crippen LogP contribution in [0.25, 0.3) is 11.0 Å². The average Bonchev–Trinajstić information content (AvgIpc) is 3.23. The molecule has 160 valence electrons. The molecule has 0 aliphatic carbocycles. The molecule has 3 heterocycles. The van der Waals surface area contributed by atoms with E-state index < -0.39 is 0 Å². The fourth-order valence-electron chi connectivity index (χ4n) is 4.46. The Balaban J connectivity index is 1.37. The number of rotatable bonds is 6. The first-order valence-electron chi connectivity index (χ1n) is 11.1. The first-order chi connectivity index (χ1) is 15.8. The van der Waals surface area contributed by atoms with Gasteiger partial charge in [-0.25, -0.2) is 9.97 Å². The number of aromatic nitrogens is 3. The van der Waals surface area contributed by atoms with Crippen molar-refractivity contribution in [2.45, 2.75) is 19.5 Å². The zero-order chi connectivity index (χ0) is 21.8. The van der Waals surface area contributed by atoms with Crippen molar-refractivity contribution in [2.24, 2.45) is 0 Å². The van der Waals surface area contributed by atoms with Crippen LogP contribution in [0.15, 0.2) is 73.2 Å². The molecule has 0 bridgehead atoms. The van der Waals surface area contributed by atoms with Crippen molar-refractivity contribution in [3.63, 3.8) is 0 Å². The molecule has 0 N–H and O–H groups in total. The first kappa shape index (κ1) is 20.2. The molecule has 4 aromatic rings. The molecular weight excluding hydrogens is 396 g/mol. The number of aryl methyl sites for hydroxylation is 2. The van der Waals surface area contributed by atoms with E-state index in [1.54, 1.807) is 6.33 Å². The van der Waals surface area contributed by atoms with Crippen LogP contribution < -0.4 is 4.90 Å². The Morgan fingerprint density at radius 3 is 2.22 bits per heavy atom. The minimum Gasteiger partial charge on any atom is -0.352 e. The van der Waals surface area contributed by atoms with E-state index in [9.17, 15) is 5.26 Å². The third kappa shape index (κ3) is 4.20. The number of nitriles is 1. The predicted molar refractivity (Wildman–Crippen MR) is 126 cm³/mol. The molecule has 5 rings (SSSR count). The monoisotopic (exact) mass is 422 g/mol. The highest BCUT2D eigenvalue weighted by molar-refractivity contribution is 5.91. The van der Waals surface area contributed by atoms with Gasteiger partial charge in [0.25, 0.3) is 0 Å². The van der Waals surface area contributed by atoms with Gasteiger partial charge >= 0.3 is 0 Å². The second-order valence-electron chi connectivity index (χ2n) is 8.23. The molecular formula is C26H26N6. The van der Waals surface area contributed by atoms with Gasteiger partial charge in [0.1, 0.15) is 23.4 Å². The minimum absolute atomic E-state index is 0.611. The third-order valence-corrected chi connectivity index (χ3v) is 6.16. The largest absolute Gasteiger partial charge is 0.352 e. The maximum atomic E-state index is 9.67. The van der Waals surface area contributed by atoms with Gasteiger partial charge in [-0.1, -0.05) is 60.7 Å². The van der Waals surface area contributed by atoms with Crippen LogP contribution in [-0.4, -0.2) is 45.6 Å². The second kappa shape index (κ2) is 9.21. The number of fused-ring (bicyclic) bond motifs is 1. The molecule has 1 saturated heterocycles. The van der Waals surface area contributed by atoms with Crippen LogP contribution in [0.3, 0.4) is 0 Å². The summed E-state index contributed by atoms with van der Waals surface area (Å²) in [6.07, 6.45) is 4.42. The highest BCUT2D eigenvalue weighted by Crippen LogP contribution is 2.28. The summed E-state index contributed by atoms with van der Waals surface area (Å²) >= 11 is 0. The predicted octanol–water partition coefficient (Wildman–Crippen LogP) is 3.87. The zero-order valence-electron chi connectivity index (χ0n) is 18.1. The molecule has 1 fully saturated rings. The van der Waals surface area contributed by atoms with Crippen LogP contribution in [0.5, 0.6) is 0 Å². The molecule has 0 radical (unpaired) electrons. The maximum Gasteiger partial charge on any atom is 0.156 e. The van der Waals surface area contributed by atoms with Gasteiger partial charge in [-0.15, -0.1) is 0 Å². The molecule has 2 aromatic heterocycles. The minimum atomic E-state index is 0.611. The van der Waals surface area contributed by atoms with E-state index in [0.29, 0.717) is 5.56 Å². The number of hydrogen-bond acceptors (Lipinski definition) is 5. The van der Waals surface area contributed by atoms with Crippen LogP contribution in [0.4, 0.5) is 5.82 Å². The summed E-state index contributed by atoms with van der Waals surface area (Å²) in [6, 6.07) is 23.4. The molecule has 0 atom stereocenters. The molecule has 6 heteroatoms. The number of nitrogens with zero attached hydrogens (tertiary/aromatic N) is 6. The smallest absolute Gasteiger partial charge is 0.156 e. The van der Waals surface area contributed by atoms with Crippen LogP contribution >= 0.6 is 0 Å². The summed E-state index contributed by atoms with van der Waals surface area (Å²) in [6.45, 7) is 5.54. The fourth-order valence-corrected chi connectivity index (χ4v) is 4.46. The Morgan fingerprint density at radius 2 is 1.53 bits per heavy atom. The lowest BCUT2D eigenvalue weighted by Crippen LogP contribution is -2.46. The molecule has 1 aliphatic rings. The van der Waals surface area contributed by atoms with Crippen molar-refractivity contribution >= 4 is 16.9 Å². The van der Waals surface area contributed by atoms with Crippen LogP contribution in [0, 0.1) is 11.3 Å².